The fourth-order valence-electron chi connectivity index (χ4n) is 3.58. The van der Waals surface area contributed by atoms with Crippen molar-refractivity contribution in [3.05, 3.63) is 53.8 Å². The van der Waals surface area contributed by atoms with Crippen molar-refractivity contribution in [2.75, 3.05) is 26.7 Å². The van der Waals surface area contributed by atoms with E-state index in [4.69, 9.17) is 4.74 Å². The number of fused-ring (bicyclic) bond motifs is 1. The van der Waals surface area contributed by atoms with Gasteiger partial charge in [0.15, 0.2) is 0 Å². The van der Waals surface area contributed by atoms with Crippen molar-refractivity contribution in [1.29, 1.82) is 0 Å². The molecule has 2 amide bonds. The topological polar surface area (TPSA) is 109 Å². The molecule has 3 heterocycles. The number of nitrogens with zero attached hydrogens (tertiary/aromatic N) is 5. The van der Waals surface area contributed by atoms with E-state index in [0.29, 0.717) is 12.1 Å². The minimum atomic E-state index is -0.430. The number of amides is 2. The average Bonchev–Trinajstić information content (AvgIpc) is 2.81. The number of pyridine rings is 1. The van der Waals surface area contributed by atoms with Crippen LogP contribution in [0, 0.1) is 5.92 Å². The highest BCUT2D eigenvalue weighted by molar-refractivity contribution is 5.97. The Morgan fingerprint density at radius 3 is 2.81 bits per heavy atom. The summed E-state index contributed by atoms with van der Waals surface area (Å²) in [6, 6.07) is 1.37. The Hall–Kier alpha value is -3.33. The van der Waals surface area contributed by atoms with Gasteiger partial charge in [-0.25, -0.2) is 9.97 Å². The molecule has 32 heavy (non-hydrogen) atoms. The zero-order chi connectivity index (χ0) is 23.3. The lowest BCUT2D eigenvalue weighted by atomic mass is 9.99. The molecule has 3 atom stereocenters. The Labute approximate surface area is 187 Å². The van der Waals surface area contributed by atoms with Gasteiger partial charge in [-0.2, -0.15) is 0 Å². The Bertz CT molecular complexity index is 982. The molecule has 0 aromatic carbocycles. The third kappa shape index (κ3) is 5.11. The van der Waals surface area contributed by atoms with Crippen LogP contribution in [0.1, 0.15) is 47.2 Å². The summed E-state index contributed by atoms with van der Waals surface area (Å²) >= 11 is 0. The van der Waals surface area contributed by atoms with E-state index in [1.54, 1.807) is 31.1 Å². The number of likely N-dealkylation sites (N-methyl/N-ethyl adjacent to an activating group) is 1. The van der Waals surface area contributed by atoms with Crippen molar-refractivity contribution in [2.24, 2.45) is 5.92 Å². The molecule has 9 nitrogen and oxygen atoms in total. The second-order valence-electron chi connectivity index (χ2n) is 8.02. The Morgan fingerprint density at radius 2 is 2.16 bits per heavy atom. The molecule has 170 valence electrons. The predicted octanol–water partition coefficient (Wildman–Crippen LogP) is 1.90. The number of aromatic nitrogens is 3. The van der Waals surface area contributed by atoms with Crippen molar-refractivity contribution >= 4 is 17.9 Å². The minimum Gasteiger partial charge on any atom is -0.472 e. The summed E-state index contributed by atoms with van der Waals surface area (Å²) in [7, 11) is 1.68. The largest absolute Gasteiger partial charge is 0.472 e. The maximum Gasteiger partial charge on any atom is 0.273 e. The fourth-order valence-corrected chi connectivity index (χ4v) is 3.58. The van der Waals surface area contributed by atoms with Crippen LogP contribution >= 0.6 is 0 Å². The average molecular weight is 440 g/mol. The van der Waals surface area contributed by atoms with Crippen LogP contribution in [-0.4, -0.2) is 80.6 Å². The van der Waals surface area contributed by atoms with Crippen LogP contribution in [0.2, 0.25) is 0 Å². The third-order valence-corrected chi connectivity index (χ3v) is 5.48. The van der Waals surface area contributed by atoms with Gasteiger partial charge in [0.2, 0.25) is 5.88 Å². The molecular weight excluding hydrogens is 410 g/mol. The Balaban J connectivity index is 1.93. The highest BCUT2D eigenvalue weighted by atomic mass is 16.5. The molecule has 1 N–H and O–H groups in total. The summed E-state index contributed by atoms with van der Waals surface area (Å²) in [6.07, 6.45) is 9.33. The molecule has 0 radical (unpaired) electrons. The molecule has 0 saturated heterocycles. The molecule has 0 fully saturated rings. The van der Waals surface area contributed by atoms with Gasteiger partial charge in [-0.1, -0.05) is 19.1 Å². The zero-order valence-corrected chi connectivity index (χ0v) is 18.8. The quantitative estimate of drug-likeness (QED) is 0.732. The van der Waals surface area contributed by atoms with Gasteiger partial charge in [-0.3, -0.25) is 14.6 Å². The molecule has 2 aromatic heterocycles. The van der Waals surface area contributed by atoms with E-state index in [1.165, 1.54) is 23.5 Å². The summed E-state index contributed by atoms with van der Waals surface area (Å²) in [5.74, 6) is -0.426. The second-order valence-corrected chi connectivity index (χ2v) is 8.02. The highest BCUT2D eigenvalue weighted by Gasteiger charge is 2.34. The van der Waals surface area contributed by atoms with E-state index < -0.39 is 6.10 Å². The lowest BCUT2D eigenvalue weighted by Gasteiger charge is -2.37. The maximum atomic E-state index is 13.3. The van der Waals surface area contributed by atoms with Gasteiger partial charge in [-0.15, -0.1) is 0 Å². The number of allylic oxidation sites excluding steroid dienone is 1. The molecule has 1 aliphatic heterocycles. The minimum absolute atomic E-state index is 0.129. The molecule has 0 bridgehead atoms. The normalized spacial score (nSPS) is 19.7. The van der Waals surface area contributed by atoms with Crippen molar-refractivity contribution in [3.63, 3.8) is 0 Å². The van der Waals surface area contributed by atoms with Crippen LogP contribution in [-0.2, 0) is 0 Å². The van der Waals surface area contributed by atoms with Crippen LogP contribution in [0.25, 0.3) is 6.08 Å². The number of carbonyl (C=O) groups is 2. The number of aliphatic hydroxyl groups excluding tert-OH is 1. The molecule has 0 saturated carbocycles. The predicted molar refractivity (Wildman–Crippen MR) is 119 cm³/mol. The van der Waals surface area contributed by atoms with E-state index in [1.807, 2.05) is 26.0 Å². The summed E-state index contributed by atoms with van der Waals surface area (Å²) < 4.78 is 6.20. The van der Waals surface area contributed by atoms with E-state index >= 15 is 0 Å². The molecule has 1 aliphatic rings. The van der Waals surface area contributed by atoms with E-state index in [-0.39, 0.29) is 48.5 Å². The number of carbonyl (C=O) groups excluding carboxylic acids is 2. The second kappa shape index (κ2) is 10.3. The molecule has 2 aromatic rings. The van der Waals surface area contributed by atoms with Crippen molar-refractivity contribution in [3.8, 4) is 5.88 Å². The summed E-state index contributed by atoms with van der Waals surface area (Å²) in [5, 5.41) is 9.73. The highest BCUT2D eigenvalue weighted by Crippen LogP contribution is 2.27. The smallest absolute Gasteiger partial charge is 0.273 e. The first kappa shape index (κ1) is 23.3. The Kier molecular flexibility index (Phi) is 7.53. The van der Waals surface area contributed by atoms with Gasteiger partial charge in [0.1, 0.15) is 17.4 Å². The van der Waals surface area contributed by atoms with Gasteiger partial charge in [0.25, 0.3) is 11.8 Å². The molecule has 0 aliphatic carbocycles. The third-order valence-electron chi connectivity index (χ3n) is 5.48. The SMILES string of the molecule is CC=Cc1cnc2c(c1)C(=O)N([C@@H](C)CO)C[C@@H](C)[C@@H](CN(C)C(=O)c1cnccn1)O2. The van der Waals surface area contributed by atoms with Crippen LogP contribution in [0.4, 0.5) is 0 Å². The number of hydrogen-bond donors (Lipinski definition) is 1. The molecule has 3 rings (SSSR count). The Morgan fingerprint density at radius 1 is 1.38 bits per heavy atom. The molecular formula is C23H29N5O4. The first-order valence-electron chi connectivity index (χ1n) is 10.6. The lowest BCUT2D eigenvalue weighted by Crippen LogP contribution is -2.50. The monoisotopic (exact) mass is 439 g/mol. The number of rotatable bonds is 6. The van der Waals surface area contributed by atoms with Gasteiger partial charge >= 0.3 is 0 Å². The zero-order valence-electron chi connectivity index (χ0n) is 18.8. The fraction of sp³-hybridized carbons (Fsp3) is 0.435. The van der Waals surface area contributed by atoms with Crippen LogP contribution < -0.4 is 4.74 Å². The summed E-state index contributed by atoms with van der Waals surface area (Å²) in [6.45, 7) is 6.11. The standard InChI is InChI=1S/C23H29N5O4/c1-5-6-17-9-18-21(26-10-17)32-20(15(2)12-28(22(18)30)16(3)14-29)13-27(4)23(31)19-11-24-7-8-25-19/h5-11,15-16,20,29H,12-14H2,1-4H3/t15-,16+,20-/m1/s1. The first-order valence-corrected chi connectivity index (χ1v) is 10.6. The number of hydrogen-bond acceptors (Lipinski definition) is 7. The van der Waals surface area contributed by atoms with E-state index in [2.05, 4.69) is 15.0 Å². The first-order chi connectivity index (χ1) is 15.3. The summed E-state index contributed by atoms with van der Waals surface area (Å²) in [5.41, 5.74) is 1.36. The van der Waals surface area contributed by atoms with Crippen molar-refractivity contribution in [2.45, 2.75) is 32.9 Å². The van der Waals surface area contributed by atoms with Crippen LogP contribution in [0.5, 0.6) is 5.88 Å². The number of aliphatic hydroxyl groups is 1. The van der Waals surface area contributed by atoms with Gasteiger partial charge in [0.05, 0.1) is 25.4 Å². The molecule has 0 unspecified atom stereocenters. The van der Waals surface area contributed by atoms with Crippen LogP contribution in [0.15, 0.2) is 36.9 Å². The van der Waals surface area contributed by atoms with E-state index in [9.17, 15) is 14.7 Å². The number of ether oxygens (including phenoxy) is 1. The van der Waals surface area contributed by atoms with Crippen molar-refractivity contribution in [1.82, 2.24) is 24.8 Å². The molecule has 0 spiro atoms. The van der Waals surface area contributed by atoms with Crippen LogP contribution in [0.3, 0.4) is 0 Å². The van der Waals surface area contributed by atoms with Gasteiger partial charge in [0, 0.05) is 38.1 Å². The molecule has 9 heteroatoms. The maximum absolute atomic E-state index is 13.3. The lowest BCUT2D eigenvalue weighted by molar-refractivity contribution is 0.0312. The van der Waals surface area contributed by atoms with Gasteiger partial charge in [-0.05, 0) is 25.5 Å². The summed E-state index contributed by atoms with van der Waals surface area (Å²) in [4.78, 5) is 41.7. The van der Waals surface area contributed by atoms with Gasteiger partial charge < -0.3 is 19.6 Å². The van der Waals surface area contributed by atoms with Crippen molar-refractivity contribution < 1.29 is 19.4 Å². The van der Waals surface area contributed by atoms with E-state index in [0.717, 1.165) is 5.56 Å².